The van der Waals surface area contributed by atoms with Crippen LogP contribution < -0.4 is 10.4 Å². The Morgan fingerprint density at radius 2 is 0.800 bits per heavy atom. The van der Waals surface area contributed by atoms with E-state index in [0.29, 0.717) is 27.4 Å². The van der Waals surface area contributed by atoms with Gasteiger partial charge in [-0.2, -0.15) is 0 Å². The first-order chi connectivity index (χ1) is 24.7. The van der Waals surface area contributed by atoms with Crippen molar-refractivity contribution in [2.45, 2.75) is 205 Å². The minimum atomic E-state index is -1.94. The second-order valence-electron chi connectivity index (χ2n) is 24.1. The van der Waals surface area contributed by atoms with E-state index in [0.717, 1.165) is 22.0 Å². The molecule has 0 spiro atoms. The molecule has 0 radical (unpaired) electrons. The van der Waals surface area contributed by atoms with Gasteiger partial charge in [-0.15, -0.1) is 0 Å². The van der Waals surface area contributed by atoms with Crippen LogP contribution in [-0.2, 0) is 37.8 Å². The Kier molecular flexibility index (Phi) is 14.6. The van der Waals surface area contributed by atoms with Gasteiger partial charge in [-0.25, -0.2) is 0 Å². The van der Waals surface area contributed by atoms with Crippen molar-refractivity contribution in [3.8, 4) is 11.5 Å². The SMILES string of the molecule is CC(C)(C)c1cc(C[S]2=[Ti]=[S](Cc3cc(C(C)(C)C)cc([Si](C)([Si](C)(C)C)[Si](C)(C)C)c3O)[C@H]3CCCCCCC32)c(O)c([Si](C)([Si](C)(C)C)[Si](C)(C)C)c1. The van der Waals surface area contributed by atoms with E-state index < -0.39 is 44.6 Å². The van der Waals surface area contributed by atoms with Crippen LogP contribution in [-0.4, -0.2) is 65.3 Å². The van der Waals surface area contributed by atoms with E-state index in [1.165, 1.54) is 71.2 Å². The fraction of sp³-hybridized carbons (Fsp3) is 0.727. The van der Waals surface area contributed by atoms with Gasteiger partial charge >= 0.3 is 359 Å². The van der Waals surface area contributed by atoms with Crippen LogP contribution in [0.5, 0.6) is 11.5 Å². The maximum absolute atomic E-state index is 12.7. The summed E-state index contributed by atoms with van der Waals surface area (Å²) < 4.78 is 0. The zero-order chi connectivity index (χ0) is 42.1. The number of hydrogen-bond acceptors (Lipinski definition) is 2. The third-order valence-corrected chi connectivity index (χ3v) is 112. The van der Waals surface area contributed by atoms with E-state index in [4.69, 9.17) is 0 Å². The van der Waals surface area contributed by atoms with Crippen LogP contribution in [0.4, 0.5) is 0 Å². The summed E-state index contributed by atoms with van der Waals surface area (Å²) in [6.07, 6.45) is 8.25. The monoisotopic (exact) mass is 924 g/mol. The van der Waals surface area contributed by atoms with Gasteiger partial charge in [-0.1, -0.05) is 0 Å². The molecule has 0 aromatic heterocycles. The van der Waals surface area contributed by atoms with E-state index in [9.17, 15) is 10.2 Å². The third kappa shape index (κ3) is 9.64. The normalized spacial score (nSPS) is 22.4. The first-order valence-corrected chi connectivity index (χ1v) is 51.3. The average molecular weight is 926 g/mol. The summed E-state index contributed by atoms with van der Waals surface area (Å²) in [5.74, 6) is 3.60. The number of rotatable bonds is 10. The molecule has 2 aromatic carbocycles. The molecule has 1 aliphatic heterocycles. The molecule has 0 bridgehead atoms. The van der Waals surface area contributed by atoms with Gasteiger partial charge in [0.05, 0.1) is 0 Å². The van der Waals surface area contributed by atoms with E-state index in [1.807, 2.05) is 0 Å². The molecule has 2 aliphatic rings. The molecule has 4 atom stereocenters. The van der Waals surface area contributed by atoms with Crippen molar-refractivity contribution in [2.24, 2.45) is 0 Å². The van der Waals surface area contributed by atoms with E-state index >= 15 is 0 Å². The standard InChI is InChI=1S/C44H84O2S2Si6.Ti/c1-43(2,3)35-27-33(41(45)39(29-35)53(19,49(7,8)9)50(10,11)12)31-47-37-25-23-21-22-24-26-38(37)48-32-34-28-36(44(4,5)6)30-40(42(34)46)54(20,51(13,14)15)52(16,17)18;/h27-30,37-38,45-46H,21-26,31-32H2,1-20H3;/t37-,38?;/m0./s1. The Balaban J connectivity index is 2.00. The average Bonchev–Trinajstić information content (AvgIpc) is 3.28. The number of aromatic hydroxyl groups is 2. The van der Waals surface area contributed by atoms with Crippen molar-refractivity contribution in [3.05, 3.63) is 46.5 Å². The molecule has 3 unspecified atom stereocenters. The van der Waals surface area contributed by atoms with Crippen LogP contribution in [0.2, 0.25) is 91.7 Å². The molecule has 11 heteroatoms. The summed E-state index contributed by atoms with van der Waals surface area (Å²) in [5.41, 5.74) is 5.56. The summed E-state index contributed by atoms with van der Waals surface area (Å²) in [6, 6.07) is 9.97. The number of benzene rings is 2. The predicted molar refractivity (Wildman–Crippen MR) is 267 cm³/mol. The molecule has 1 fully saturated rings. The molecule has 2 N–H and O–H groups in total. The van der Waals surface area contributed by atoms with Crippen molar-refractivity contribution < 1.29 is 25.7 Å². The molecule has 0 saturated heterocycles. The van der Waals surface area contributed by atoms with Crippen LogP contribution in [0, 0.1) is 0 Å². The molecule has 2 nitrogen and oxygen atoms in total. The molecule has 55 heavy (non-hydrogen) atoms. The third-order valence-electron chi connectivity index (χ3n) is 14.9. The molecule has 312 valence electrons. The summed E-state index contributed by atoms with van der Waals surface area (Å²) >= 11 is -0.288. The molecule has 1 heterocycles. The molecule has 4 rings (SSSR count). The summed E-state index contributed by atoms with van der Waals surface area (Å²) in [5, 5.41) is 29.7. The molecule has 0 amide bonds. The Morgan fingerprint density at radius 1 is 0.509 bits per heavy atom. The van der Waals surface area contributed by atoms with Gasteiger partial charge < -0.3 is 0 Å². The predicted octanol–water partition coefficient (Wildman–Crippen LogP) is 13.2. The van der Waals surface area contributed by atoms with Crippen LogP contribution in [0.3, 0.4) is 0 Å². The first kappa shape index (κ1) is 48.4. The van der Waals surface area contributed by atoms with E-state index in [-0.39, 0.29) is 26.3 Å². The molecular formula is C44H84O2S2Si6Ti. The Morgan fingerprint density at radius 3 is 1.05 bits per heavy atom. The number of fused-ring (bicyclic) bond motifs is 1. The molecule has 1 aliphatic carbocycles. The Hall–Kier alpha value is 0.756. The second-order valence-corrected chi connectivity index (χ2v) is 92.1. The van der Waals surface area contributed by atoms with Crippen molar-refractivity contribution in [2.75, 3.05) is 0 Å². The summed E-state index contributed by atoms with van der Waals surface area (Å²) in [6.45, 7) is 50.9. The topological polar surface area (TPSA) is 40.5 Å². The zero-order valence-corrected chi connectivity index (χ0v) is 48.5. The van der Waals surface area contributed by atoms with Gasteiger partial charge in [-0.3, -0.25) is 0 Å². The summed E-state index contributed by atoms with van der Waals surface area (Å²) in [4.78, 5) is 0. The number of hydrogen-bond donors (Lipinski definition) is 2. The van der Waals surface area contributed by atoms with Gasteiger partial charge in [0.15, 0.2) is 0 Å². The van der Waals surface area contributed by atoms with Gasteiger partial charge in [-0.05, 0) is 0 Å². The first-order valence-electron chi connectivity index (χ1n) is 21.6. The molecule has 2 aromatic rings. The van der Waals surface area contributed by atoms with E-state index in [2.05, 4.69) is 157 Å². The van der Waals surface area contributed by atoms with Gasteiger partial charge in [0, 0.05) is 0 Å². The van der Waals surface area contributed by atoms with Crippen LogP contribution in [0.15, 0.2) is 24.3 Å². The fourth-order valence-corrected chi connectivity index (χ4v) is 107. The minimum absolute atomic E-state index is 0.0461. The van der Waals surface area contributed by atoms with Crippen LogP contribution >= 0.6 is 15.9 Å². The summed E-state index contributed by atoms with van der Waals surface area (Å²) in [7, 11) is -9.57. The Labute approximate surface area is 356 Å². The molecule has 1 saturated carbocycles. The van der Waals surface area contributed by atoms with Crippen molar-refractivity contribution in [3.63, 3.8) is 0 Å². The second kappa shape index (κ2) is 16.6. The number of phenols is 2. The fourth-order valence-electron chi connectivity index (χ4n) is 10.0. The number of phenolic OH excluding ortho intramolecular Hbond substituents is 2. The van der Waals surface area contributed by atoms with E-state index in [1.54, 1.807) is 0 Å². The van der Waals surface area contributed by atoms with Gasteiger partial charge in [0.1, 0.15) is 0 Å². The molecular weight excluding hydrogens is 841 g/mol. The van der Waals surface area contributed by atoms with Crippen LogP contribution in [0.1, 0.15) is 102 Å². The van der Waals surface area contributed by atoms with Crippen molar-refractivity contribution in [1.29, 1.82) is 0 Å². The van der Waals surface area contributed by atoms with Crippen LogP contribution in [0.25, 0.3) is 0 Å². The van der Waals surface area contributed by atoms with Gasteiger partial charge in [0.2, 0.25) is 0 Å². The van der Waals surface area contributed by atoms with Crippen molar-refractivity contribution in [1.82, 2.24) is 0 Å². The quantitative estimate of drug-likeness (QED) is 0.233. The van der Waals surface area contributed by atoms with Crippen molar-refractivity contribution >= 4 is 70.9 Å². The zero-order valence-electron chi connectivity index (χ0n) is 39.3. The van der Waals surface area contributed by atoms with Gasteiger partial charge in [0.25, 0.3) is 0 Å². The Bertz CT molecular complexity index is 1670. The maximum atomic E-state index is 12.7.